The van der Waals surface area contributed by atoms with Crippen molar-refractivity contribution in [3.05, 3.63) is 46.6 Å². The summed E-state index contributed by atoms with van der Waals surface area (Å²) in [6.45, 7) is 7.47. The second-order valence-electron chi connectivity index (χ2n) is 5.44. The number of amides is 1. The molecule has 2 aromatic heterocycles. The molecule has 22 heavy (non-hydrogen) atoms. The Kier molecular flexibility index (Phi) is 4.70. The van der Waals surface area contributed by atoms with Gasteiger partial charge in [0, 0.05) is 23.2 Å². The van der Waals surface area contributed by atoms with Crippen LogP contribution >= 0.6 is 0 Å². The lowest BCUT2D eigenvalue weighted by molar-refractivity contribution is 0.0940. The van der Waals surface area contributed by atoms with Crippen molar-refractivity contribution in [2.45, 2.75) is 40.2 Å². The van der Waals surface area contributed by atoms with Crippen LogP contribution in [-0.4, -0.2) is 21.8 Å². The first-order chi connectivity index (χ1) is 10.4. The molecule has 0 aliphatic rings. The van der Waals surface area contributed by atoms with Crippen molar-refractivity contribution >= 4 is 11.7 Å². The van der Waals surface area contributed by atoms with E-state index in [-0.39, 0.29) is 29.8 Å². The second kappa shape index (κ2) is 6.51. The van der Waals surface area contributed by atoms with Crippen LogP contribution in [0.25, 0.3) is 0 Å². The molecule has 6 heteroatoms. The molecule has 0 unspecified atom stereocenters. The van der Waals surface area contributed by atoms with Crippen LogP contribution < -0.4 is 5.32 Å². The van der Waals surface area contributed by atoms with E-state index in [1.807, 2.05) is 13.8 Å². The SMILES string of the molecule is CC(=O)c1ccc(CNC(=O)c2cc(C(C)C)on2)nc1C. The molecule has 2 heterocycles. The van der Waals surface area contributed by atoms with E-state index in [0.29, 0.717) is 22.7 Å². The number of Topliss-reactive ketones (excluding diaryl/α,β-unsaturated/α-hetero) is 1. The fourth-order valence-electron chi connectivity index (χ4n) is 2.01. The van der Waals surface area contributed by atoms with Gasteiger partial charge in [0.05, 0.1) is 12.2 Å². The Morgan fingerprint density at radius 2 is 2.05 bits per heavy atom. The number of carbonyl (C=O) groups is 2. The molecule has 0 radical (unpaired) electrons. The van der Waals surface area contributed by atoms with Gasteiger partial charge in [0.2, 0.25) is 0 Å². The number of aryl methyl sites for hydroxylation is 1. The second-order valence-corrected chi connectivity index (χ2v) is 5.44. The van der Waals surface area contributed by atoms with Gasteiger partial charge in [-0.3, -0.25) is 14.6 Å². The van der Waals surface area contributed by atoms with Crippen LogP contribution in [0.5, 0.6) is 0 Å². The van der Waals surface area contributed by atoms with Crippen LogP contribution in [0, 0.1) is 6.92 Å². The lowest BCUT2D eigenvalue weighted by Crippen LogP contribution is -2.23. The minimum absolute atomic E-state index is 0.0237. The first kappa shape index (κ1) is 15.9. The fraction of sp³-hybridized carbons (Fsp3) is 0.375. The van der Waals surface area contributed by atoms with Crippen LogP contribution in [0.2, 0.25) is 0 Å². The zero-order chi connectivity index (χ0) is 16.3. The molecule has 1 amide bonds. The number of pyridine rings is 1. The maximum Gasteiger partial charge on any atom is 0.273 e. The first-order valence-electron chi connectivity index (χ1n) is 7.10. The average molecular weight is 301 g/mol. The summed E-state index contributed by atoms with van der Waals surface area (Å²) in [6.07, 6.45) is 0. The first-order valence-corrected chi connectivity index (χ1v) is 7.10. The molecule has 116 valence electrons. The van der Waals surface area contributed by atoms with Gasteiger partial charge < -0.3 is 9.84 Å². The molecule has 0 aliphatic carbocycles. The molecule has 0 spiro atoms. The monoisotopic (exact) mass is 301 g/mol. The molecule has 1 N–H and O–H groups in total. The Morgan fingerprint density at radius 3 is 2.59 bits per heavy atom. The summed E-state index contributed by atoms with van der Waals surface area (Å²) in [5.74, 6) is 0.512. The molecule has 2 rings (SSSR count). The Balaban J connectivity index is 2.01. The van der Waals surface area contributed by atoms with Gasteiger partial charge in [-0.05, 0) is 26.0 Å². The lowest BCUT2D eigenvalue weighted by Gasteiger charge is -2.06. The molecule has 6 nitrogen and oxygen atoms in total. The van der Waals surface area contributed by atoms with Gasteiger partial charge in [0.25, 0.3) is 5.91 Å². The number of aromatic nitrogens is 2. The molecule has 0 aliphatic heterocycles. The van der Waals surface area contributed by atoms with Crippen LogP contribution in [0.1, 0.15) is 64.7 Å². The average Bonchev–Trinajstić information content (AvgIpc) is 2.94. The van der Waals surface area contributed by atoms with Crippen molar-refractivity contribution in [1.82, 2.24) is 15.5 Å². The largest absolute Gasteiger partial charge is 0.360 e. The minimum atomic E-state index is -0.314. The van der Waals surface area contributed by atoms with Crippen molar-refractivity contribution in [1.29, 1.82) is 0 Å². The van der Waals surface area contributed by atoms with Gasteiger partial charge in [0.15, 0.2) is 11.5 Å². The molecular formula is C16H19N3O3. The third-order valence-corrected chi connectivity index (χ3v) is 3.28. The third kappa shape index (κ3) is 3.58. The number of ketones is 1. The van der Waals surface area contributed by atoms with Gasteiger partial charge in [0.1, 0.15) is 5.76 Å². The van der Waals surface area contributed by atoms with Crippen molar-refractivity contribution < 1.29 is 14.1 Å². The van der Waals surface area contributed by atoms with Crippen LogP contribution in [0.4, 0.5) is 0 Å². The minimum Gasteiger partial charge on any atom is -0.360 e. The summed E-state index contributed by atoms with van der Waals surface area (Å²) in [7, 11) is 0. The number of rotatable bonds is 5. The number of nitrogens with zero attached hydrogens (tertiary/aromatic N) is 2. The Bertz CT molecular complexity index is 704. The topological polar surface area (TPSA) is 85.1 Å². The maximum atomic E-state index is 12.0. The quantitative estimate of drug-likeness (QED) is 0.858. The van der Waals surface area contributed by atoms with Gasteiger partial charge in [-0.25, -0.2) is 0 Å². The molecule has 0 aromatic carbocycles. The Hall–Kier alpha value is -2.50. The summed E-state index contributed by atoms with van der Waals surface area (Å²) < 4.78 is 5.10. The highest BCUT2D eigenvalue weighted by atomic mass is 16.5. The predicted octanol–water partition coefficient (Wildman–Crippen LogP) is 2.63. The van der Waals surface area contributed by atoms with E-state index in [1.165, 1.54) is 6.92 Å². The van der Waals surface area contributed by atoms with Crippen LogP contribution in [0.15, 0.2) is 22.7 Å². The molecule has 0 saturated carbocycles. The summed E-state index contributed by atoms with van der Waals surface area (Å²) in [5.41, 5.74) is 2.18. The summed E-state index contributed by atoms with van der Waals surface area (Å²) in [4.78, 5) is 27.7. The predicted molar refractivity (Wildman–Crippen MR) is 80.7 cm³/mol. The van der Waals surface area contributed by atoms with Gasteiger partial charge in [-0.1, -0.05) is 19.0 Å². The molecular weight excluding hydrogens is 282 g/mol. The number of hydrogen-bond acceptors (Lipinski definition) is 5. The van der Waals surface area contributed by atoms with Crippen molar-refractivity contribution in [2.75, 3.05) is 0 Å². The summed E-state index contributed by atoms with van der Waals surface area (Å²) in [5, 5.41) is 6.49. The van der Waals surface area contributed by atoms with Gasteiger partial charge >= 0.3 is 0 Å². The van der Waals surface area contributed by atoms with Crippen LogP contribution in [0.3, 0.4) is 0 Å². The maximum absolute atomic E-state index is 12.0. The molecule has 0 saturated heterocycles. The van der Waals surface area contributed by atoms with Gasteiger partial charge in [-0.2, -0.15) is 0 Å². The molecule has 0 atom stereocenters. The Morgan fingerprint density at radius 1 is 1.32 bits per heavy atom. The van der Waals surface area contributed by atoms with E-state index in [0.717, 1.165) is 0 Å². The van der Waals surface area contributed by atoms with Crippen molar-refractivity contribution in [3.8, 4) is 0 Å². The third-order valence-electron chi connectivity index (χ3n) is 3.28. The highest BCUT2D eigenvalue weighted by Crippen LogP contribution is 2.15. The molecule has 2 aromatic rings. The van der Waals surface area contributed by atoms with E-state index < -0.39 is 0 Å². The van der Waals surface area contributed by atoms with E-state index in [2.05, 4.69) is 15.5 Å². The Labute approximate surface area is 128 Å². The van der Waals surface area contributed by atoms with E-state index in [1.54, 1.807) is 25.1 Å². The number of hydrogen-bond donors (Lipinski definition) is 1. The lowest BCUT2D eigenvalue weighted by atomic mass is 10.1. The van der Waals surface area contributed by atoms with Gasteiger partial charge in [-0.15, -0.1) is 0 Å². The molecule has 0 bridgehead atoms. The van der Waals surface area contributed by atoms with Crippen molar-refractivity contribution in [3.63, 3.8) is 0 Å². The smallest absolute Gasteiger partial charge is 0.273 e. The van der Waals surface area contributed by atoms with Crippen LogP contribution in [-0.2, 0) is 6.54 Å². The number of nitrogens with one attached hydrogen (secondary N) is 1. The highest BCUT2D eigenvalue weighted by molar-refractivity contribution is 5.95. The van der Waals surface area contributed by atoms with E-state index in [9.17, 15) is 9.59 Å². The standard InChI is InChI=1S/C16H19N3O3/c1-9(2)15-7-14(19-22-15)16(21)17-8-12-5-6-13(11(4)20)10(3)18-12/h5-7,9H,8H2,1-4H3,(H,17,21). The zero-order valence-corrected chi connectivity index (χ0v) is 13.1. The molecule has 0 fully saturated rings. The van der Waals surface area contributed by atoms with E-state index >= 15 is 0 Å². The fourth-order valence-corrected chi connectivity index (χ4v) is 2.01. The van der Waals surface area contributed by atoms with Crippen molar-refractivity contribution in [2.24, 2.45) is 0 Å². The number of carbonyl (C=O) groups excluding carboxylic acids is 2. The summed E-state index contributed by atoms with van der Waals surface area (Å²) in [6, 6.07) is 5.09. The van der Waals surface area contributed by atoms with E-state index in [4.69, 9.17) is 4.52 Å². The normalized spacial score (nSPS) is 10.8. The highest BCUT2D eigenvalue weighted by Gasteiger charge is 2.14. The zero-order valence-electron chi connectivity index (χ0n) is 13.1. The summed E-state index contributed by atoms with van der Waals surface area (Å²) >= 11 is 0.